The summed E-state index contributed by atoms with van der Waals surface area (Å²) in [4.78, 5) is 31.1. The van der Waals surface area contributed by atoms with E-state index in [1.54, 1.807) is 19.2 Å². The number of hydrogen-bond donors (Lipinski definition) is 2. The van der Waals surface area contributed by atoms with E-state index in [-0.39, 0.29) is 16.5 Å². The highest BCUT2D eigenvalue weighted by Gasteiger charge is 2.25. The smallest absolute Gasteiger partial charge is 0.269 e. The summed E-state index contributed by atoms with van der Waals surface area (Å²) >= 11 is 0. The molecule has 1 aliphatic heterocycles. The van der Waals surface area contributed by atoms with Gasteiger partial charge in [-0.25, -0.2) is 0 Å². The number of amides is 1. The predicted molar refractivity (Wildman–Crippen MR) is 117 cm³/mol. The number of guanidine groups is 1. The third-order valence-corrected chi connectivity index (χ3v) is 5.52. The first-order valence-corrected chi connectivity index (χ1v) is 10.8. The van der Waals surface area contributed by atoms with Crippen LogP contribution in [0.2, 0.25) is 0 Å². The first-order chi connectivity index (χ1) is 14.5. The van der Waals surface area contributed by atoms with E-state index < -0.39 is 0 Å². The van der Waals surface area contributed by atoms with Gasteiger partial charge in [0.1, 0.15) is 0 Å². The standard InChI is InChI=1S/C21H32N6O3/c1-22-21(23-11-3-2-4-17-5-9-19(10-6-17)27(29)30)26-14-12-25(13-15-26)16-20(28)24-18-7-8-18/h5-6,9-10,18H,2-4,7-8,11-16H2,1H3,(H,22,23)(H,24,28). The van der Waals surface area contributed by atoms with Gasteiger partial charge >= 0.3 is 0 Å². The maximum Gasteiger partial charge on any atom is 0.269 e. The van der Waals surface area contributed by atoms with Gasteiger partial charge in [-0.05, 0) is 37.7 Å². The minimum atomic E-state index is -0.373. The molecule has 0 unspecified atom stereocenters. The maximum absolute atomic E-state index is 12.0. The number of nitrogens with one attached hydrogen (secondary N) is 2. The molecule has 0 aromatic heterocycles. The number of piperazine rings is 1. The number of carbonyl (C=O) groups is 1. The predicted octanol–water partition coefficient (Wildman–Crippen LogP) is 1.39. The molecule has 3 rings (SSSR count). The van der Waals surface area contributed by atoms with Crippen molar-refractivity contribution >= 4 is 17.6 Å². The number of rotatable bonds is 9. The van der Waals surface area contributed by atoms with Crippen LogP contribution in [-0.2, 0) is 11.2 Å². The summed E-state index contributed by atoms with van der Waals surface area (Å²) in [7, 11) is 1.80. The molecule has 1 heterocycles. The van der Waals surface area contributed by atoms with Crippen molar-refractivity contribution < 1.29 is 9.72 Å². The molecule has 164 valence electrons. The molecular formula is C21H32N6O3. The van der Waals surface area contributed by atoms with E-state index in [0.29, 0.717) is 12.6 Å². The number of carbonyl (C=O) groups excluding carboxylic acids is 1. The Labute approximate surface area is 177 Å². The summed E-state index contributed by atoms with van der Waals surface area (Å²) < 4.78 is 0. The van der Waals surface area contributed by atoms with Gasteiger partial charge in [0.2, 0.25) is 5.91 Å². The van der Waals surface area contributed by atoms with Crippen molar-refractivity contribution in [1.82, 2.24) is 20.4 Å². The average molecular weight is 417 g/mol. The highest BCUT2D eigenvalue weighted by molar-refractivity contribution is 5.80. The van der Waals surface area contributed by atoms with Crippen LogP contribution in [0.5, 0.6) is 0 Å². The second-order valence-electron chi connectivity index (χ2n) is 7.96. The maximum atomic E-state index is 12.0. The monoisotopic (exact) mass is 416 g/mol. The van der Waals surface area contributed by atoms with Gasteiger partial charge in [-0.2, -0.15) is 0 Å². The second kappa shape index (κ2) is 10.9. The number of nitro groups is 1. The Morgan fingerprint density at radius 2 is 1.87 bits per heavy atom. The summed E-state index contributed by atoms with van der Waals surface area (Å²) in [6, 6.07) is 7.20. The number of nitrogens with zero attached hydrogens (tertiary/aromatic N) is 4. The van der Waals surface area contributed by atoms with Gasteiger partial charge in [0.05, 0.1) is 11.5 Å². The van der Waals surface area contributed by atoms with Gasteiger partial charge in [0, 0.05) is 57.9 Å². The Balaban J connectivity index is 1.30. The van der Waals surface area contributed by atoms with Crippen LogP contribution in [0.1, 0.15) is 31.2 Å². The number of non-ortho nitro benzene ring substituents is 1. The normalized spacial score (nSPS) is 17.6. The van der Waals surface area contributed by atoms with E-state index >= 15 is 0 Å². The number of aryl methyl sites for hydroxylation is 1. The van der Waals surface area contributed by atoms with Crippen LogP contribution in [0.15, 0.2) is 29.3 Å². The molecule has 1 saturated heterocycles. The van der Waals surface area contributed by atoms with Crippen molar-refractivity contribution in [2.75, 3.05) is 46.3 Å². The molecular weight excluding hydrogens is 384 g/mol. The molecule has 1 amide bonds. The summed E-state index contributed by atoms with van der Waals surface area (Å²) in [5, 5.41) is 17.2. The van der Waals surface area contributed by atoms with Crippen molar-refractivity contribution in [1.29, 1.82) is 0 Å². The largest absolute Gasteiger partial charge is 0.356 e. The van der Waals surface area contributed by atoms with Gasteiger partial charge in [0.15, 0.2) is 5.96 Å². The van der Waals surface area contributed by atoms with Crippen molar-refractivity contribution in [3.05, 3.63) is 39.9 Å². The molecule has 1 aromatic rings. The van der Waals surface area contributed by atoms with E-state index in [0.717, 1.165) is 76.4 Å². The molecule has 0 atom stereocenters. The zero-order valence-electron chi connectivity index (χ0n) is 17.7. The first kappa shape index (κ1) is 22.0. The van der Waals surface area contributed by atoms with Crippen LogP contribution in [0.4, 0.5) is 5.69 Å². The highest BCUT2D eigenvalue weighted by atomic mass is 16.6. The number of hydrogen-bond acceptors (Lipinski definition) is 5. The van der Waals surface area contributed by atoms with Crippen LogP contribution >= 0.6 is 0 Å². The first-order valence-electron chi connectivity index (χ1n) is 10.8. The number of aliphatic imine (C=N–C) groups is 1. The Kier molecular flexibility index (Phi) is 8.01. The lowest BCUT2D eigenvalue weighted by molar-refractivity contribution is -0.384. The van der Waals surface area contributed by atoms with Crippen molar-refractivity contribution in [2.24, 2.45) is 4.99 Å². The fourth-order valence-electron chi connectivity index (χ4n) is 3.59. The Bertz CT molecular complexity index is 740. The van der Waals surface area contributed by atoms with E-state index in [1.165, 1.54) is 0 Å². The minimum Gasteiger partial charge on any atom is -0.356 e. The summed E-state index contributed by atoms with van der Waals surface area (Å²) in [5.41, 5.74) is 1.25. The Morgan fingerprint density at radius 3 is 2.47 bits per heavy atom. The lowest BCUT2D eigenvalue weighted by Crippen LogP contribution is -2.54. The molecule has 0 radical (unpaired) electrons. The third kappa shape index (κ3) is 6.98. The fraction of sp³-hybridized carbons (Fsp3) is 0.619. The van der Waals surface area contributed by atoms with E-state index in [4.69, 9.17) is 0 Å². The van der Waals surface area contributed by atoms with Crippen molar-refractivity contribution in [2.45, 2.75) is 38.1 Å². The average Bonchev–Trinajstić information content (AvgIpc) is 3.55. The Hall–Kier alpha value is -2.68. The van der Waals surface area contributed by atoms with E-state index in [2.05, 4.69) is 25.4 Å². The lowest BCUT2D eigenvalue weighted by Gasteiger charge is -2.36. The zero-order chi connectivity index (χ0) is 21.3. The molecule has 2 fully saturated rings. The van der Waals surface area contributed by atoms with Crippen LogP contribution < -0.4 is 10.6 Å². The molecule has 2 N–H and O–H groups in total. The molecule has 30 heavy (non-hydrogen) atoms. The number of benzene rings is 1. The molecule has 1 aromatic carbocycles. The van der Waals surface area contributed by atoms with Gasteiger partial charge in [-0.1, -0.05) is 12.1 Å². The van der Waals surface area contributed by atoms with E-state index in [1.807, 2.05) is 12.1 Å². The molecule has 0 spiro atoms. The molecule has 9 heteroatoms. The minimum absolute atomic E-state index is 0.132. The van der Waals surface area contributed by atoms with Crippen LogP contribution in [-0.4, -0.2) is 78.9 Å². The van der Waals surface area contributed by atoms with Crippen molar-refractivity contribution in [3.63, 3.8) is 0 Å². The number of nitro benzene ring substituents is 1. The second-order valence-corrected chi connectivity index (χ2v) is 7.96. The summed E-state index contributed by atoms with van der Waals surface area (Å²) in [6.45, 7) is 4.76. The highest BCUT2D eigenvalue weighted by Crippen LogP contribution is 2.18. The van der Waals surface area contributed by atoms with Gasteiger partial charge < -0.3 is 15.5 Å². The van der Waals surface area contributed by atoms with Crippen LogP contribution in [0.25, 0.3) is 0 Å². The SMILES string of the molecule is CN=C(NCCCCc1ccc([N+](=O)[O-])cc1)N1CCN(CC(=O)NC2CC2)CC1. The molecule has 9 nitrogen and oxygen atoms in total. The molecule has 0 bridgehead atoms. The zero-order valence-corrected chi connectivity index (χ0v) is 17.7. The van der Waals surface area contributed by atoms with Crippen molar-refractivity contribution in [3.8, 4) is 0 Å². The van der Waals surface area contributed by atoms with E-state index in [9.17, 15) is 14.9 Å². The molecule has 1 aliphatic carbocycles. The van der Waals surface area contributed by atoms with Crippen LogP contribution in [0.3, 0.4) is 0 Å². The Morgan fingerprint density at radius 1 is 1.17 bits per heavy atom. The number of unbranched alkanes of at least 4 members (excludes halogenated alkanes) is 1. The quantitative estimate of drug-likeness (QED) is 0.207. The van der Waals surface area contributed by atoms with Gasteiger partial charge in [-0.3, -0.25) is 24.8 Å². The third-order valence-electron chi connectivity index (χ3n) is 5.52. The lowest BCUT2D eigenvalue weighted by atomic mass is 10.1. The van der Waals surface area contributed by atoms with Gasteiger partial charge in [-0.15, -0.1) is 0 Å². The summed E-state index contributed by atoms with van der Waals surface area (Å²) in [6.07, 6.45) is 5.15. The molecule has 2 aliphatic rings. The topological polar surface area (TPSA) is 103 Å². The van der Waals surface area contributed by atoms with Gasteiger partial charge in [0.25, 0.3) is 5.69 Å². The fourth-order valence-corrected chi connectivity index (χ4v) is 3.59. The summed E-state index contributed by atoms with van der Waals surface area (Å²) in [5.74, 6) is 1.05. The molecule has 1 saturated carbocycles. The van der Waals surface area contributed by atoms with Crippen LogP contribution in [0, 0.1) is 10.1 Å².